The van der Waals surface area contributed by atoms with Crippen molar-refractivity contribution in [3.63, 3.8) is 0 Å². The number of hydrogen-bond donors (Lipinski definition) is 1. The van der Waals surface area contributed by atoms with Crippen molar-refractivity contribution in [2.75, 3.05) is 7.11 Å². The molecule has 1 N–H and O–H groups in total. The number of carbonyl (C=O) groups is 2. The summed E-state index contributed by atoms with van der Waals surface area (Å²) in [6.45, 7) is 5.25. The minimum absolute atomic E-state index is 0.347. The van der Waals surface area contributed by atoms with Crippen LogP contribution in [0.3, 0.4) is 0 Å². The summed E-state index contributed by atoms with van der Waals surface area (Å²) in [7, 11) is 1.30. The predicted molar refractivity (Wildman–Crippen MR) is 75.9 cm³/mol. The van der Waals surface area contributed by atoms with Crippen LogP contribution < -0.4 is 5.32 Å². The molecule has 2 heterocycles. The number of nitrogens with zero attached hydrogens (tertiary/aromatic N) is 3. The summed E-state index contributed by atoms with van der Waals surface area (Å²) in [6.07, 6.45) is 2.08. The average Bonchev–Trinajstić information content (AvgIpc) is 2.87. The van der Waals surface area contributed by atoms with E-state index in [2.05, 4.69) is 15.5 Å². The average molecular weight is 290 g/mol. The van der Waals surface area contributed by atoms with Crippen molar-refractivity contribution in [2.24, 2.45) is 0 Å². The number of aryl methyl sites for hydroxylation is 1. The number of pyridine rings is 1. The van der Waals surface area contributed by atoms with Gasteiger partial charge in [0.25, 0.3) is 5.91 Å². The van der Waals surface area contributed by atoms with E-state index < -0.39 is 11.5 Å². The lowest BCUT2D eigenvalue weighted by molar-refractivity contribution is -0.147. The number of aromatic nitrogens is 3. The fourth-order valence-electron chi connectivity index (χ4n) is 1.97. The van der Waals surface area contributed by atoms with Crippen molar-refractivity contribution in [1.82, 2.24) is 19.9 Å². The van der Waals surface area contributed by atoms with E-state index in [9.17, 15) is 9.59 Å². The second-order valence-electron chi connectivity index (χ2n) is 5.02. The molecule has 1 atom stereocenters. The van der Waals surface area contributed by atoms with Crippen molar-refractivity contribution < 1.29 is 14.3 Å². The minimum atomic E-state index is -1.05. The number of methoxy groups -OCH3 is 1. The molecule has 2 aromatic rings. The predicted octanol–water partition coefficient (Wildman–Crippen LogP) is 1.11. The quantitative estimate of drug-likeness (QED) is 0.852. The Hall–Kier alpha value is -2.44. The molecule has 0 fully saturated rings. The highest BCUT2D eigenvalue weighted by Crippen LogP contribution is 2.14. The van der Waals surface area contributed by atoms with Gasteiger partial charge in [-0.05, 0) is 32.4 Å². The molecule has 0 bridgehead atoms. The summed E-state index contributed by atoms with van der Waals surface area (Å²) in [5.74, 6) is -0.134. The van der Waals surface area contributed by atoms with Crippen LogP contribution in [-0.2, 0) is 9.53 Å². The van der Waals surface area contributed by atoms with Crippen LogP contribution in [0.5, 0.6) is 0 Å². The summed E-state index contributed by atoms with van der Waals surface area (Å²) >= 11 is 0. The number of hydrogen-bond acceptors (Lipinski definition) is 5. The Bertz CT molecular complexity index is 695. The zero-order valence-corrected chi connectivity index (χ0v) is 12.5. The van der Waals surface area contributed by atoms with Crippen LogP contribution in [0.15, 0.2) is 18.3 Å². The van der Waals surface area contributed by atoms with Crippen molar-refractivity contribution >= 4 is 17.5 Å². The Kier molecular flexibility index (Phi) is 3.93. The highest BCUT2D eigenvalue weighted by molar-refractivity contribution is 5.98. The molecule has 1 amide bonds. The highest BCUT2D eigenvalue weighted by atomic mass is 16.5. The Balaban J connectivity index is 2.29. The van der Waals surface area contributed by atoms with Crippen LogP contribution in [0.2, 0.25) is 0 Å². The standard InChI is InChI=1S/C14H18N4O3/c1-5-14(3,13(20)21-4)15-12(19)10-6-7-11-17-16-9(2)18(11)8-10/h6-8H,5H2,1-4H3,(H,15,19). The number of nitrogens with one attached hydrogen (secondary N) is 1. The summed E-state index contributed by atoms with van der Waals surface area (Å²) < 4.78 is 6.46. The first kappa shape index (κ1) is 15.0. The van der Waals surface area contributed by atoms with Gasteiger partial charge in [-0.3, -0.25) is 9.20 Å². The van der Waals surface area contributed by atoms with E-state index in [0.29, 0.717) is 23.5 Å². The van der Waals surface area contributed by atoms with Crippen LogP contribution in [0.25, 0.3) is 5.65 Å². The molecule has 7 heteroatoms. The number of amides is 1. The lowest BCUT2D eigenvalue weighted by atomic mass is 9.98. The van der Waals surface area contributed by atoms with Gasteiger partial charge in [-0.25, -0.2) is 4.79 Å². The molecule has 0 aliphatic rings. The number of esters is 1. The SMILES string of the molecule is CCC(C)(NC(=O)c1ccc2nnc(C)n2c1)C(=O)OC. The van der Waals surface area contributed by atoms with Gasteiger partial charge in [-0.1, -0.05) is 6.92 Å². The van der Waals surface area contributed by atoms with Gasteiger partial charge in [0.05, 0.1) is 12.7 Å². The van der Waals surface area contributed by atoms with Crippen LogP contribution >= 0.6 is 0 Å². The molecule has 2 rings (SSSR count). The normalized spacial score (nSPS) is 13.7. The second kappa shape index (κ2) is 5.51. The molecule has 7 nitrogen and oxygen atoms in total. The number of rotatable bonds is 4. The largest absolute Gasteiger partial charge is 0.467 e. The summed E-state index contributed by atoms with van der Waals surface area (Å²) in [5.41, 5.74) is 0.0347. The minimum Gasteiger partial charge on any atom is -0.467 e. The molecule has 0 aliphatic carbocycles. The molecule has 1 unspecified atom stereocenters. The van der Waals surface area contributed by atoms with Crippen molar-refractivity contribution in [3.05, 3.63) is 29.7 Å². The van der Waals surface area contributed by atoms with Gasteiger partial charge in [-0.2, -0.15) is 0 Å². The third kappa shape index (κ3) is 2.72. The van der Waals surface area contributed by atoms with Crippen LogP contribution in [-0.4, -0.2) is 39.1 Å². The molecular formula is C14H18N4O3. The lowest BCUT2D eigenvalue weighted by Crippen LogP contribution is -2.52. The maximum absolute atomic E-state index is 12.3. The molecule has 21 heavy (non-hydrogen) atoms. The number of fused-ring (bicyclic) bond motifs is 1. The Morgan fingerprint density at radius 2 is 2.10 bits per heavy atom. The molecule has 0 aromatic carbocycles. The second-order valence-corrected chi connectivity index (χ2v) is 5.02. The fourth-order valence-corrected chi connectivity index (χ4v) is 1.97. The van der Waals surface area contributed by atoms with Crippen molar-refractivity contribution in [1.29, 1.82) is 0 Å². The zero-order chi connectivity index (χ0) is 15.6. The van der Waals surface area contributed by atoms with Gasteiger partial charge in [0, 0.05) is 6.20 Å². The maximum Gasteiger partial charge on any atom is 0.331 e. The van der Waals surface area contributed by atoms with E-state index in [1.54, 1.807) is 36.6 Å². The number of carbonyl (C=O) groups excluding carboxylic acids is 2. The molecule has 0 aliphatic heterocycles. The first-order chi connectivity index (χ1) is 9.91. The van der Waals surface area contributed by atoms with E-state index >= 15 is 0 Å². The van der Waals surface area contributed by atoms with Crippen molar-refractivity contribution in [2.45, 2.75) is 32.7 Å². The molecule has 0 saturated heterocycles. The van der Waals surface area contributed by atoms with E-state index in [-0.39, 0.29) is 5.91 Å². The van der Waals surface area contributed by atoms with E-state index in [4.69, 9.17) is 4.74 Å². The lowest BCUT2D eigenvalue weighted by Gasteiger charge is -2.26. The van der Waals surface area contributed by atoms with Crippen LogP contribution in [0.1, 0.15) is 36.5 Å². The van der Waals surface area contributed by atoms with Gasteiger partial charge in [0.15, 0.2) is 5.65 Å². The Labute approximate surface area is 122 Å². The molecule has 2 aromatic heterocycles. The van der Waals surface area contributed by atoms with E-state index in [0.717, 1.165) is 0 Å². The summed E-state index contributed by atoms with van der Waals surface area (Å²) in [6, 6.07) is 3.35. The molecule has 0 radical (unpaired) electrons. The fraction of sp³-hybridized carbons (Fsp3) is 0.429. The third-order valence-electron chi connectivity index (χ3n) is 3.57. The first-order valence-corrected chi connectivity index (χ1v) is 6.63. The third-order valence-corrected chi connectivity index (χ3v) is 3.57. The topological polar surface area (TPSA) is 85.6 Å². The number of ether oxygens (including phenoxy) is 1. The molecule has 112 valence electrons. The zero-order valence-electron chi connectivity index (χ0n) is 12.5. The monoisotopic (exact) mass is 290 g/mol. The van der Waals surface area contributed by atoms with Crippen LogP contribution in [0, 0.1) is 6.92 Å². The summed E-state index contributed by atoms with van der Waals surface area (Å²) in [4.78, 5) is 24.1. The van der Waals surface area contributed by atoms with Gasteiger partial charge in [0.1, 0.15) is 11.4 Å². The Morgan fingerprint density at radius 1 is 1.38 bits per heavy atom. The van der Waals surface area contributed by atoms with Gasteiger partial charge in [0.2, 0.25) is 0 Å². The van der Waals surface area contributed by atoms with Gasteiger partial charge >= 0.3 is 5.97 Å². The van der Waals surface area contributed by atoms with E-state index in [1.807, 2.05) is 6.92 Å². The van der Waals surface area contributed by atoms with Gasteiger partial charge < -0.3 is 10.1 Å². The van der Waals surface area contributed by atoms with E-state index in [1.165, 1.54) is 7.11 Å². The Morgan fingerprint density at radius 3 is 2.71 bits per heavy atom. The van der Waals surface area contributed by atoms with Crippen LogP contribution in [0.4, 0.5) is 0 Å². The van der Waals surface area contributed by atoms with Crippen molar-refractivity contribution in [3.8, 4) is 0 Å². The molecule has 0 saturated carbocycles. The maximum atomic E-state index is 12.3. The smallest absolute Gasteiger partial charge is 0.331 e. The van der Waals surface area contributed by atoms with Gasteiger partial charge in [-0.15, -0.1) is 10.2 Å². The molecular weight excluding hydrogens is 272 g/mol. The first-order valence-electron chi connectivity index (χ1n) is 6.63. The summed E-state index contributed by atoms with van der Waals surface area (Å²) in [5, 5.41) is 10.6. The molecule has 0 spiro atoms. The highest BCUT2D eigenvalue weighted by Gasteiger charge is 2.34.